The molecule has 0 aromatic carbocycles. The zero-order chi connectivity index (χ0) is 11.6. The topological polar surface area (TPSA) is 20.2 Å². The van der Waals surface area contributed by atoms with E-state index >= 15 is 0 Å². The van der Waals surface area contributed by atoms with Gasteiger partial charge in [0.15, 0.2) is 0 Å². The van der Waals surface area contributed by atoms with Crippen molar-refractivity contribution in [1.29, 1.82) is 0 Å². The van der Waals surface area contributed by atoms with Crippen molar-refractivity contribution in [3.63, 3.8) is 0 Å². The molecule has 2 unspecified atom stereocenters. The van der Waals surface area contributed by atoms with Crippen LogP contribution in [-0.4, -0.2) is 15.3 Å². The molecular formula is C14H22OS. The summed E-state index contributed by atoms with van der Waals surface area (Å²) < 4.78 is 0. The van der Waals surface area contributed by atoms with Crippen LogP contribution >= 0.6 is 11.8 Å². The molecule has 2 rings (SSSR count). The number of hydrogen-bond acceptors (Lipinski definition) is 2. The average molecular weight is 238 g/mol. The number of rotatable bonds is 6. The van der Waals surface area contributed by atoms with E-state index in [2.05, 4.69) is 26.0 Å². The zero-order valence-electron chi connectivity index (χ0n) is 10.3. The Morgan fingerprint density at radius 1 is 1.38 bits per heavy atom. The summed E-state index contributed by atoms with van der Waals surface area (Å²) in [6.45, 7) is 4.58. The van der Waals surface area contributed by atoms with Crippen molar-refractivity contribution in [2.45, 2.75) is 56.1 Å². The van der Waals surface area contributed by atoms with Crippen molar-refractivity contribution in [2.24, 2.45) is 5.92 Å². The van der Waals surface area contributed by atoms with Crippen molar-refractivity contribution in [3.8, 4) is 0 Å². The van der Waals surface area contributed by atoms with Gasteiger partial charge in [0.2, 0.25) is 0 Å². The van der Waals surface area contributed by atoms with Crippen LogP contribution in [0.4, 0.5) is 0 Å². The highest BCUT2D eigenvalue weighted by atomic mass is 32.2. The summed E-state index contributed by atoms with van der Waals surface area (Å²) in [6.07, 6.45) is 12.8. The molecule has 16 heavy (non-hydrogen) atoms. The van der Waals surface area contributed by atoms with Crippen molar-refractivity contribution in [2.75, 3.05) is 0 Å². The molecule has 0 aromatic rings. The van der Waals surface area contributed by atoms with E-state index in [1.165, 1.54) is 37.7 Å². The van der Waals surface area contributed by atoms with Crippen LogP contribution in [0.25, 0.3) is 0 Å². The molecule has 2 heteroatoms. The molecule has 0 bridgehead atoms. The molecular weight excluding hydrogens is 216 g/mol. The fourth-order valence-corrected chi connectivity index (χ4v) is 3.03. The predicted molar refractivity (Wildman–Crippen MR) is 71.5 cm³/mol. The van der Waals surface area contributed by atoms with Gasteiger partial charge < -0.3 is 5.11 Å². The lowest BCUT2D eigenvalue weighted by molar-refractivity contribution is 0.228. The molecule has 1 aliphatic heterocycles. The summed E-state index contributed by atoms with van der Waals surface area (Å²) in [7, 11) is 0. The molecule has 90 valence electrons. The van der Waals surface area contributed by atoms with Crippen LogP contribution in [0.1, 0.15) is 46.0 Å². The van der Waals surface area contributed by atoms with E-state index in [4.69, 9.17) is 0 Å². The quantitative estimate of drug-likeness (QED) is 0.559. The first-order valence-electron chi connectivity index (χ1n) is 6.40. The first kappa shape index (κ1) is 12.3. The predicted octanol–water partition coefficient (Wildman–Crippen LogP) is 3.89. The van der Waals surface area contributed by atoms with Gasteiger partial charge in [0.1, 0.15) is 4.93 Å². The van der Waals surface area contributed by atoms with Gasteiger partial charge in [-0.1, -0.05) is 50.8 Å². The number of unbranched alkanes of at least 4 members (excludes halogenated alkanes) is 2. The Labute approximate surface area is 103 Å². The summed E-state index contributed by atoms with van der Waals surface area (Å²) in [5, 5.41) is 10.1. The molecule has 1 N–H and O–H groups in total. The lowest BCUT2D eigenvalue weighted by atomic mass is 9.98. The van der Waals surface area contributed by atoms with E-state index in [9.17, 15) is 5.11 Å². The van der Waals surface area contributed by atoms with E-state index in [-0.39, 0.29) is 0 Å². The summed E-state index contributed by atoms with van der Waals surface area (Å²) >= 11 is 1.65. The minimum absolute atomic E-state index is 0.350. The van der Waals surface area contributed by atoms with Gasteiger partial charge >= 0.3 is 0 Å². The van der Waals surface area contributed by atoms with Gasteiger partial charge in [-0.3, -0.25) is 0 Å². The highest BCUT2D eigenvalue weighted by Gasteiger charge is 2.52. The third kappa shape index (κ3) is 3.14. The Morgan fingerprint density at radius 2 is 2.19 bits per heavy atom. The van der Waals surface area contributed by atoms with Crippen molar-refractivity contribution >= 4 is 11.8 Å². The van der Waals surface area contributed by atoms with Crippen molar-refractivity contribution in [1.82, 2.24) is 0 Å². The van der Waals surface area contributed by atoms with Gasteiger partial charge in [-0.2, -0.15) is 0 Å². The van der Waals surface area contributed by atoms with Crippen LogP contribution < -0.4 is 0 Å². The molecule has 2 aliphatic rings. The molecule has 0 amide bonds. The van der Waals surface area contributed by atoms with Gasteiger partial charge in [-0.05, 0) is 24.8 Å². The van der Waals surface area contributed by atoms with Gasteiger partial charge in [0.05, 0.1) is 5.25 Å². The molecule has 1 fully saturated rings. The van der Waals surface area contributed by atoms with Crippen molar-refractivity contribution < 1.29 is 5.11 Å². The second-order valence-corrected chi connectivity index (χ2v) is 6.76. The standard InChI is InChI=1S/C14H22OS/c1-11(2)6-4-3-5-7-12-8-9-14(15)13(10-12)16-14/h8-11,13,15H,3-7H2,1-2H3. The fourth-order valence-electron chi connectivity index (χ4n) is 2.16. The van der Waals surface area contributed by atoms with E-state index in [1.807, 2.05) is 6.08 Å². The highest BCUT2D eigenvalue weighted by Crippen LogP contribution is 2.55. The average Bonchev–Trinajstić information content (AvgIpc) is 2.88. The summed E-state index contributed by atoms with van der Waals surface area (Å²) in [5.41, 5.74) is 1.42. The maximum Gasteiger partial charge on any atom is 0.145 e. The van der Waals surface area contributed by atoms with Crippen LogP contribution in [0.3, 0.4) is 0 Å². The van der Waals surface area contributed by atoms with Gasteiger partial charge in [-0.15, -0.1) is 11.8 Å². The van der Waals surface area contributed by atoms with Crippen LogP contribution in [0.2, 0.25) is 0 Å². The maximum absolute atomic E-state index is 9.77. The maximum atomic E-state index is 9.77. The minimum Gasteiger partial charge on any atom is -0.374 e. The molecule has 0 radical (unpaired) electrons. The lowest BCUT2D eigenvalue weighted by Gasteiger charge is -2.09. The van der Waals surface area contributed by atoms with Crippen LogP contribution in [0.15, 0.2) is 23.8 Å². The Bertz CT molecular complexity index is 306. The molecule has 1 heterocycles. The third-order valence-corrected chi connectivity index (χ3v) is 4.58. The van der Waals surface area contributed by atoms with Gasteiger partial charge in [0.25, 0.3) is 0 Å². The number of aliphatic hydroxyl groups is 1. The molecule has 0 spiro atoms. The van der Waals surface area contributed by atoms with Crippen LogP contribution in [0.5, 0.6) is 0 Å². The third-order valence-electron chi connectivity index (χ3n) is 3.31. The highest BCUT2D eigenvalue weighted by molar-refractivity contribution is 8.08. The molecule has 0 saturated carbocycles. The lowest BCUT2D eigenvalue weighted by Crippen LogP contribution is -2.11. The van der Waals surface area contributed by atoms with Crippen molar-refractivity contribution in [3.05, 3.63) is 23.8 Å². The van der Waals surface area contributed by atoms with Gasteiger partial charge in [0, 0.05) is 0 Å². The molecule has 1 nitrogen and oxygen atoms in total. The number of allylic oxidation sites excluding steroid dienone is 2. The van der Waals surface area contributed by atoms with E-state index in [0.29, 0.717) is 5.25 Å². The fraction of sp³-hybridized carbons (Fsp3) is 0.714. The summed E-state index contributed by atoms with van der Waals surface area (Å²) in [5.74, 6) is 0.840. The number of fused-ring (bicyclic) bond motifs is 1. The first-order chi connectivity index (χ1) is 7.60. The molecule has 1 aliphatic carbocycles. The monoisotopic (exact) mass is 238 g/mol. The smallest absolute Gasteiger partial charge is 0.145 e. The Balaban J connectivity index is 1.61. The minimum atomic E-state index is -0.527. The Kier molecular flexibility index (Phi) is 3.81. The Morgan fingerprint density at radius 3 is 2.88 bits per heavy atom. The first-order valence-corrected chi connectivity index (χ1v) is 7.28. The molecule has 0 aromatic heterocycles. The number of hydrogen-bond donors (Lipinski definition) is 1. The van der Waals surface area contributed by atoms with Gasteiger partial charge in [-0.25, -0.2) is 0 Å². The normalized spacial score (nSPS) is 31.5. The van der Waals surface area contributed by atoms with E-state index in [0.717, 1.165) is 5.92 Å². The second-order valence-electron chi connectivity index (χ2n) is 5.36. The molecule has 1 saturated heterocycles. The summed E-state index contributed by atoms with van der Waals surface area (Å²) in [6, 6.07) is 0. The number of thioether (sulfide) groups is 1. The second kappa shape index (κ2) is 4.97. The van der Waals surface area contributed by atoms with E-state index < -0.39 is 4.93 Å². The van der Waals surface area contributed by atoms with Crippen LogP contribution in [-0.2, 0) is 0 Å². The largest absolute Gasteiger partial charge is 0.374 e. The molecule has 2 atom stereocenters. The zero-order valence-corrected chi connectivity index (χ0v) is 11.1. The van der Waals surface area contributed by atoms with Crippen LogP contribution in [0, 0.1) is 5.92 Å². The Hall–Kier alpha value is -0.210. The van der Waals surface area contributed by atoms with E-state index in [1.54, 1.807) is 11.8 Å². The SMILES string of the molecule is CC(C)CCCCCC1=CC2SC2(O)C=C1. The summed E-state index contributed by atoms with van der Waals surface area (Å²) in [4.78, 5) is -0.527.